The molecule has 0 saturated heterocycles. The van der Waals surface area contributed by atoms with Gasteiger partial charge in [-0.05, 0) is 32.9 Å². The lowest BCUT2D eigenvalue weighted by molar-refractivity contribution is 0.355. The summed E-state index contributed by atoms with van der Waals surface area (Å²) >= 11 is 0. The van der Waals surface area contributed by atoms with Gasteiger partial charge in [0.05, 0.1) is 19.9 Å². The minimum atomic E-state index is 0.210. The number of rotatable bonds is 7. The molecule has 0 aliphatic heterocycles. The van der Waals surface area contributed by atoms with Crippen molar-refractivity contribution in [2.75, 3.05) is 32.6 Å². The highest BCUT2D eigenvalue weighted by molar-refractivity contribution is 5.94. The second kappa shape index (κ2) is 9.12. The maximum atomic E-state index is 5.35. The first-order chi connectivity index (χ1) is 12.5. The lowest BCUT2D eigenvalue weighted by atomic mass is 10.00. The van der Waals surface area contributed by atoms with E-state index in [0.29, 0.717) is 24.0 Å². The number of nitrogens with zero attached hydrogens (tertiary/aromatic N) is 2. The van der Waals surface area contributed by atoms with Crippen LogP contribution >= 0.6 is 0 Å². The van der Waals surface area contributed by atoms with Crippen LogP contribution in [0, 0.1) is 13.8 Å². The van der Waals surface area contributed by atoms with Gasteiger partial charge in [0.15, 0.2) is 17.5 Å². The molecule has 0 amide bonds. The Morgan fingerprint density at radius 2 is 1.96 bits per heavy atom. The number of methoxy groups -OCH3 is 2. The van der Waals surface area contributed by atoms with E-state index in [1.807, 2.05) is 39.0 Å². The highest BCUT2D eigenvalue weighted by Crippen LogP contribution is 2.29. The van der Waals surface area contributed by atoms with Gasteiger partial charge in [0.2, 0.25) is 0 Å². The van der Waals surface area contributed by atoms with Gasteiger partial charge in [-0.3, -0.25) is 4.99 Å². The van der Waals surface area contributed by atoms with Crippen molar-refractivity contribution in [2.45, 2.75) is 33.6 Å². The molecule has 0 spiro atoms. The molecule has 0 saturated carbocycles. The molecule has 2 N–H and O–H groups in total. The van der Waals surface area contributed by atoms with E-state index < -0.39 is 0 Å². The molecule has 1 atom stereocenters. The lowest BCUT2D eigenvalue weighted by Gasteiger charge is -2.15. The fourth-order valence-electron chi connectivity index (χ4n) is 2.87. The minimum absolute atomic E-state index is 0.210. The highest BCUT2D eigenvalue weighted by Gasteiger charge is 2.16. The van der Waals surface area contributed by atoms with Gasteiger partial charge in [-0.25, -0.2) is 0 Å². The number of ether oxygens (including phenoxy) is 2. The van der Waals surface area contributed by atoms with E-state index in [-0.39, 0.29) is 5.92 Å². The molecule has 7 nitrogen and oxygen atoms in total. The molecular weight excluding hydrogens is 332 g/mol. The smallest absolute Gasteiger partial charge is 0.195 e. The van der Waals surface area contributed by atoms with Crippen LogP contribution in [0.4, 0.5) is 5.69 Å². The van der Waals surface area contributed by atoms with E-state index >= 15 is 0 Å². The molecule has 1 aromatic carbocycles. The standard InChI is InChI=1S/C19H28N4O3/c1-7-20-19(21-11-12(2)18-13(3)23-26-14(18)4)22-15-8-9-16(24-5)17(10-15)25-6/h8-10,12H,7,11H2,1-6H3,(H2,20,21,22). The van der Waals surface area contributed by atoms with Crippen LogP contribution in [-0.2, 0) is 0 Å². The third kappa shape index (κ3) is 4.68. The number of aromatic nitrogens is 1. The van der Waals surface area contributed by atoms with Gasteiger partial charge in [-0.1, -0.05) is 12.1 Å². The molecule has 7 heteroatoms. The van der Waals surface area contributed by atoms with Gasteiger partial charge in [0, 0.05) is 36.3 Å². The third-order valence-electron chi connectivity index (χ3n) is 4.10. The van der Waals surface area contributed by atoms with Crippen molar-refractivity contribution >= 4 is 11.6 Å². The Morgan fingerprint density at radius 3 is 2.54 bits per heavy atom. The zero-order valence-corrected chi connectivity index (χ0v) is 16.3. The summed E-state index contributed by atoms with van der Waals surface area (Å²) < 4.78 is 15.9. The first-order valence-electron chi connectivity index (χ1n) is 8.70. The summed E-state index contributed by atoms with van der Waals surface area (Å²) in [7, 11) is 3.23. The monoisotopic (exact) mass is 360 g/mol. The van der Waals surface area contributed by atoms with E-state index in [9.17, 15) is 0 Å². The number of hydrogen-bond acceptors (Lipinski definition) is 5. The number of aryl methyl sites for hydroxylation is 2. The van der Waals surface area contributed by atoms with Gasteiger partial charge in [0.25, 0.3) is 0 Å². The van der Waals surface area contributed by atoms with E-state index in [2.05, 4.69) is 22.7 Å². The Kier molecular flexibility index (Phi) is 6.89. The lowest BCUT2D eigenvalue weighted by Crippen LogP contribution is -2.31. The molecule has 0 aliphatic carbocycles. The van der Waals surface area contributed by atoms with Crippen LogP contribution in [0.5, 0.6) is 11.5 Å². The van der Waals surface area contributed by atoms with E-state index in [4.69, 9.17) is 19.0 Å². The predicted octanol–water partition coefficient (Wildman–Crippen LogP) is 3.49. The van der Waals surface area contributed by atoms with Crippen LogP contribution in [0.1, 0.15) is 36.8 Å². The molecule has 2 rings (SSSR count). The minimum Gasteiger partial charge on any atom is -0.493 e. The number of aliphatic imine (C=N–C) groups is 1. The highest BCUT2D eigenvalue weighted by atomic mass is 16.5. The molecule has 0 fully saturated rings. The number of nitrogens with one attached hydrogen (secondary N) is 2. The number of benzene rings is 1. The van der Waals surface area contributed by atoms with Gasteiger partial charge in [-0.15, -0.1) is 0 Å². The Morgan fingerprint density at radius 1 is 1.23 bits per heavy atom. The van der Waals surface area contributed by atoms with Crippen molar-refractivity contribution < 1.29 is 14.0 Å². The zero-order chi connectivity index (χ0) is 19.1. The largest absolute Gasteiger partial charge is 0.493 e. The Bertz CT molecular complexity index is 736. The van der Waals surface area contributed by atoms with Crippen molar-refractivity contribution in [1.29, 1.82) is 0 Å². The number of hydrogen-bond donors (Lipinski definition) is 2. The molecule has 1 heterocycles. The zero-order valence-electron chi connectivity index (χ0n) is 16.3. The van der Waals surface area contributed by atoms with Crippen LogP contribution in [0.25, 0.3) is 0 Å². The summed E-state index contributed by atoms with van der Waals surface area (Å²) in [6.07, 6.45) is 0. The second-order valence-electron chi connectivity index (χ2n) is 6.05. The summed E-state index contributed by atoms with van der Waals surface area (Å²) in [4.78, 5) is 4.70. The van der Waals surface area contributed by atoms with Crippen molar-refractivity contribution in [2.24, 2.45) is 4.99 Å². The Labute approximate surface area is 154 Å². The summed E-state index contributed by atoms with van der Waals surface area (Å²) in [5.41, 5.74) is 2.91. The van der Waals surface area contributed by atoms with Crippen LogP contribution in [-0.4, -0.2) is 38.4 Å². The van der Waals surface area contributed by atoms with Gasteiger partial charge < -0.3 is 24.6 Å². The van der Waals surface area contributed by atoms with Gasteiger partial charge in [0.1, 0.15) is 5.76 Å². The quantitative estimate of drug-likeness (QED) is 0.581. The van der Waals surface area contributed by atoms with Crippen LogP contribution in [0.2, 0.25) is 0 Å². The topological polar surface area (TPSA) is 80.9 Å². The van der Waals surface area contributed by atoms with E-state index in [0.717, 1.165) is 29.2 Å². The Hall–Kier alpha value is -2.70. The SMILES string of the molecule is CCNC(=NCC(C)c1c(C)noc1C)Nc1ccc(OC)c(OC)c1. The van der Waals surface area contributed by atoms with Crippen molar-refractivity contribution in [3.05, 3.63) is 35.2 Å². The van der Waals surface area contributed by atoms with Crippen LogP contribution in [0.3, 0.4) is 0 Å². The van der Waals surface area contributed by atoms with Gasteiger partial charge >= 0.3 is 0 Å². The molecule has 26 heavy (non-hydrogen) atoms. The second-order valence-corrected chi connectivity index (χ2v) is 6.05. The number of guanidine groups is 1. The summed E-state index contributed by atoms with van der Waals surface area (Å²) in [5.74, 6) is 3.12. The molecule has 1 unspecified atom stereocenters. The molecule has 0 radical (unpaired) electrons. The first kappa shape index (κ1) is 19.6. The van der Waals surface area contributed by atoms with Crippen molar-refractivity contribution in [1.82, 2.24) is 10.5 Å². The molecule has 2 aromatic rings. The van der Waals surface area contributed by atoms with E-state index in [1.165, 1.54) is 0 Å². The normalized spacial score (nSPS) is 12.6. The summed E-state index contributed by atoms with van der Waals surface area (Å²) in [6.45, 7) is 9.42. The van der Waals surface area contributed by atoms with Crippen LogP contribution < -0.4 is 20.1 Å². The first-order valence-corrected chi connectivity index (χ1v) is 8.70. The molecule has 0 aliphatic rings. The fraction of sp³-hybridized carbons (Fsp3) is 0.474. The maximum Gasteiger partial charge on any atom is 0.195 e. The van der Waals surface area contributed by atoms with Gasteiger partial charge in [-0.2, -0.15) is 0 Å². The summed E-state index contributed by atoms with van der Waals surface area (Å²) in [6, 6.07) is 5.66. The molecular formula is C19H28N4O3. The van der Waals surface area contributed by atoms with Crippen molar-refractivity contribution in [3.63, 3.8) is 0 Å². The van der Waals surface area contributed by atoms with Crippen LogP contribution in [0.15, 0.2) is 27.7 Å². The average molecular weight is 360 g/mol. The fourth-order valence-corrected chi connectivity index (χ4v) is 2.87. The molecule has 0 bridgehead atoms. The Balaban J connectivity index is 2.14. The maximum absolute atomic E-state index is 5.35. The van der Waals surface area contributed by atoms with E-state index in [1.54, 1.807) is 14.2 Å². The summed E-state index contributed by atoms with van der Waals surface area (Å²) in [5, 5.41) is 10.6. The number of anilines is 1. The molecule has 142 valence electrons. The molecule has 1 aromatic heterocycles. The predicted molar refractivity (Wildman–Crippen MR) is 104 cm³/mol. The third-order valence-corrected chi connectivity index (χ3v) is 4.10. The average Bonchev–Trinajstić information content (AvgIpc) is 2.98. The van der Waals surface area contributed by atoms with Crippen molar-refractivity contribution in [3.8, 4) is 11.5 Å².